The highest BCUT2D eigenvalue weighted by molar-refractivity contribution is 5.89. The fourth-order valence-electron chi connectivity index (χ4n) is 10.5. The van der Waals surface area contributed by atoms with E-state index >= 15 is 0 Å². The summed E-state index contributed by atoms with van der Waals surface area (Å²) in [5.41, 5.74) is 2.81. The average Bonchev–Trinajstić information content (AvgIpc) is 3.36. The van der Waals surface area contributed by atoms with Crippen molar-refractivity contribution < 1.29 is 19.0 Å². The van der Waals surface area contributed by atoms with Crippen LogP contribution in [-0.4, -0.2) is 30.6 Å². The zero-order valence-corrected chi connectivity index (χ0v) is 23.8. The molecule has 7 unspecified atom stereocenters. The van der Waals surface area contributed by atoms with E-state index in [4.69, 9.17) is 14.2 Å². The minimum atomic E-state index is -0.326. The fraction of sp³-hybridized carbons (Fsp3) is 0.735. The molecule has 0 N–H and O–H groups in total. The molecular formula is C34H46O4. The molecule has 1 aromatic carbocycles. The number of ether oxygens (including phenoxy) is 3. The molecule has 2 saturated heterocycles. The second-order valence-corrected chi connectivity index (χ2v) is 14.4. The molecule has 206 valence electrons. The Labute approximate surface area is 228 Å². The summed E-state index contributed by atoms with van der Waals surface area (Å²) >= 11 is 0. The summed E-state index contributed by atoms with van der Waals surface area (Å²) in [6.07, 6.45) is 13.3. The third-order valence-corrected chi connectivity index (χ3v) is 12.6. The SMILES string of the molecule is CC1CC[C@@]2(OC1)OC1CC3C4CC=C5CC(OC(=O)c6ccccc6)CC[C@]5(C)C4CC[C@]3(C)C1[C@@H]2C. The Morgan fingerprint density at radius 3 is 2.58 bits per heavy atom. The largest absolute Gasteiger partial charge is 0.458 e. The van der Waals surface area contributed by atoms with Crippen LogP contribution < -0.4 is 0 Å². The van der Waals surface area contributed by atoms with Crippen LogP contribution in [0.5, 0.6) is 0 Å². The van der Waals surface area contributed by atoms with Crippen LogP contribution in [-0.2, 0) is 14.2 Å². The maximum Gasteiger partial charge on any atom is 0.338 e. The van der Waals surface area contributed by atoms with Gasteiger partial charge in [-0.3, -0.25) is 0 Å². The maximum absolute atomic E-state index is 12.7. The number of carbonyl (C=O) groups is 1. The fourth-order valence-corrected chi connectivity index (χ4v) is 10.5. The van der Waals surface area contributed by atoms with Crippen molar-refractivity contribution in [1.29, 1.82) is 0 Å². The first kappa shape index (κ1) is 25.3. The summed E-state index contributed by atoms with van der Waals surface area (Å²) in [6.45, 7) is 10.7. The molecule has 1 aromatic rings. The average molecular weight is 519 g/mol. The van der Waals surface area contributed by atoms with Gasteiger partial charge >= 0.3 is 5.97 Å². The van der Waals surface area contributed by atoms with E-state index in [-0.39, 0.29) is 23.3 Å². The molecule has 0 radical (unpaired) electrons. The van der Waals surface area contributed by atoms with E-state index in [1.165, 1.54) is 32.1 Å². The van der Waals surface area contributed by atoms with Crippen LogP contribution in [0.4, 0.5) is 0 Å². The molecule has 6 aliphatic rings. The highest BCUT2D eigenvalue weighted by Gasteiger charge is 2.68. The summed E-state index contributed by atoms with van der Waals surface area (Å²) in [5.74, 6) is 3.46. The molecular weight excluding hydrogens is 472 g/mol. The van der Waals surface area contributed by atoms with Crippen LogP contribution in [0.25, 0.3) is 0 Å². The van der Waals surface area contributed by atoms with E-state index in [0.29, 0.717) is 34.8 Å². The lowest BCUT2D eigenvalue weighted by atomic mass is 9.47. The first-order chi connectivity index (χ1) is 18.2. The van der Waals surface area contributed by atoms with Crippen molar-refractivity contribution in [3.63, 3.8) is 0 Å². The van der Waals surface area contributed by atoms with E-state index < -0.39 is 0 Å². The predicted molar refractivity (Wildman–Crippen MR) is 147 cm³/mol. The summed E-state index contributed by atoms with van der Waals surface area (Å²) in [6, 6.07) is 9.45. The van der Waals surface area contributed by atoms with Crippen molar-refractivity contribution in [3.05, 3.63) is 47.5 Å². The second kappa shape index (κ2) is 8.93. The number of carbonyl (C=O) groups excluding carboxylic acids is 1. The third kappa shape index (κ3) is 3.65. The van der Waals surface area contributed by atoms with Crippen molar-refractivity contribution in [3.8, 4) is 0 Å². The van der Waals surface area contributed by atoms with Gasteiger partial charge in [-0.05, 0) is 97.5 Å². The van der Waals surface area contributed by atoms with Gasteiger partial charge in [-0.2, -0.15) is 0 Å². The predicted octanol–water partition coefficient (Wildman–Crippen LogP) is 7.58. The van der Waals surface area contributed by atoms with Gasteiger partial charge in [-0.1, -0.05) is 57.5 Å². The van der Waals surface area contributed by atoms with Crippen LogP contribution in [0.3, 0.4) is 0 Å². The number of allylic oxidation sites excluding steroid dienone is 1. The van der Waals surface area contributed by atoms with Crippen LogP contribution in [0.15, 0.2) is 42.0 Å². The summed E-state index contributed by atoms with van der Waals surface area (Å²) in [7, 11) is 0. The topological polar surface area (TPSA) is 44.8 Å². The first-order valence-electron chi connectivity index (χ1n) is 15.5. The highest BCUT2D eigenvalue weighted by atomic mass is 16.7. The molecule has 4 heteroatoms. The zero-order valence-electron chi connectivity index (χ0n) is 23.8. The molecule has 38 heavy (non-hydrogen) atoms. The minimum Gasteiger partial charge on any atom is -0.458 e. The highest BCUT2D eigenvalue weighted by Crippen LogP contribution is 2.70. The zero-order chi connectivity index (χ0) is 26.3. The Kier molecular flexibility index (Phi) is 5.95. The van der Waals surface area contributed by atoms with Crippen molar-refractivity contribution >= 4 is 5.97 Å². The molecule has 0 amide bonds. The van der Waals surface area contributed by atoms with Crippen molar-refractivity contribution in [1.82, 2.24) is 0 Å². The molecule has 3 saturated carbocycles. The Morgan fingerprint density at radius 2 is 1.82 bits per heavy atom. The Balaban J connectivity index is 1.08. The molecule has 5 fully saturated rings. The molecule has 1 spiro atoms. The van der Waals surface area contributed by atoms with Crippen LogP contribution in [0.2, 0.25) is 0 Å². The lowest BCUT2D eigenvalue weighted by Crippen LogP contribution is -2.52. The number of benzene rings is 1. The van der Waals surface area contributed by atoms with Crippen LogP contribution in [0.1, 0.15) is 95.8 Å². The Morgan fingerprint density at radius 1 is 1.00 bits per heavy atom. The number of hydrogen-bond donors (Lipinski definition) is 0. The summed E-state index contributed by atoms with van der Waals surface area (Å²) in [4.78, 5) is 12.7. The monoisotopic (exact) mass is 518 g/mol. The van der Waals surface area contributed by atoms with Gasteiger partial charge < -0.3 is 14.2 Å². The molecule has 0 aromatic heterocycles. The normalized spacial score (nSPS) is 49.4. The first-order valence-corrected chi connectivity index (χ1v) is 15.5. The van der Waals surface area contributed by atoms with Crippen molar-refractivity contribution in [2.24, 2.45) is 46.3 Å². The summed E-state index contributed by atoms with van der Waals surface area (Å²) in [5, 5.41) is 0. The lowest BCUT2D eigenvalue weighted by molar-refractivity contribution is -0.272. The van der Waals surface area contributed by atoms with E-state index in [9.17, 15) is 4.79 Å². The van der Waals surface area contributed by atoms with E-state index in [1.54, 1.807) is 5.57 Å². The molecule has 2 aliphatic heterocycles. The van der Waals surface area contributed by atoms with Crippen LogP contribution >= 0.6 is 0 Å². The van der Waals surface area contributed by atoms with Crippen molar-refractivity contribution in [2.45, 2.75) is 103 Å². The van der Waals surface area contributed by atoms with Gasteiger partial charge in [0.25, 0.3) is 0 Å². The quantitative estimate of drug-likeness (QED) is 0.299. The van der Waals surface area contributed by atoms with E-state index in [0.717, 1.165) is 50.0 Å². The van der Waals surface area contributed by atoms with Gasteiger partial charge in [0.05, 0.1) is 18.3 Å². The maximum atomic E-state index is 12.7. The van der Waals surface area contributed by atoms with Gasteiger partial charge in [0, 0.05) is 18.8 Å². The number of hydrogen-bond acceptors (Lipinski definition) is 4. The van der Waals surface area contributed by atoms with Crippen LogP contribution in [0, 0.1) is 46.3 Å². The molecule has 11 atom stereocenters. The van der Waals surface area contributed by atoms with Crippen molar-refractivity contribution in [2.75, 3.05) is 6.61 Å². The second-order valence-electron chi connectivity index (χ2n) is 14.4. The number of esters is 1. The van der Waals surface area contributed by atoms with Gasteiger partial charge in [0.2, 0.25) is 0 Å². The van der Waals surface area contributed by atoms with Gasteiger partial charge in [-0.25, -0.2) is 4.79 Å². The van der Waals surface area contributed by atoms with Gasteiger partial charge in [0.1, 0.15) is 6.10 Å². The Hall–Kier alpha value is -1.65. The standard InChI is InChI=1S/C34H46O4/c1-21-12-17-34(36-20-21)22(2)30-29(38-34)19-28-26-11-10-24-18-25(37-31(35)23-8-6-5-7-9-23)13-15-32(24,3)27(26)14-16-33(28,30)4/h5-10,21-22,25-30H,11-20H2,1-4H3/t21?,22-,25?,26?,27?,28?,29?,30?,32-,33-,34+/m0/s1. The minimum absolute atomic E-state index is 0.00178. The molecule has 4 nitrogen and oxygen atoms in total. The molecule has 7 rings (SSSR count). The van der Waals surface area contributed by atoms with E-state index in [1.807, 2.05) is 30.3 Å². The molecule has 2 heterocycles. The molecule has 0 bridgehead atoms. The van der Waals surface area contributed by atoms with Gasteiger partial charge in [0.15, 0.2) is 5.79 Å². The number of rotatable bonds is 2. The third-order valence-electron chi connectivity index (χ3n) is 12.6. The Bertz CT molecular complexity index is 1100. The molecule has 4 aliphatic carbocycles. The lowest BCUT2D eigenvalue weighted by Gasteiger charge is -2.58. The number of fused-ring (bicyclic) bond motifs is 7. The summed E-state index contributed by atoms with van der Waals surface area (Å²) < 4.78 is 19.5. The van der Waals surface area contributed by atoms with Gasteiger partial charge in [-0.15, -0.1) is 0 Å². The van der Waals surface area contributed by atoms with E-state index in [2.05, 4.69) is 33.8 Å². The smallest absolute Gasteiger partial charge is 0.338 e.